The van der Waals surface area contributed by atoms with Crippen molar-refractivity contribution in [3.05, 3.63) is 0 Å². The van der Waals surface area contributed by atoms with Crippen molar-refractivity contribution in [2.24, 2.45) is 0 Å². The van der Waals surface area contributed by atoms with Crippen LogP contribution < -0.4 is 5.32 Å². The van der Waals surface area contributed by atoms with Gasteiger partial charge in [-0.3, -0.25) is 4.79 Å². The smallest absolute Gasteiger partial charge is 0.254 e. The minimum atomic E-state index is -0.743. The number of aliphatic hydroxyl groups excluding tert-OH is 1. The predicted molar refractivity (Wildman–Crippen MR) is 67.4 cm³/mol. The van der Waals surface area contributed by atoms with Crippen molar-refractivity contribution in [3.8, 4) is 0 Å². The number of carbonyl (C=O) groups is 1. The molecule has 1 unspecified atom stereocenters. The molecule has 6 nitrogen and oxygen atoms in total. The van der Waals surface area contributed by atoms with Crippen LogP contribution in [-0.4, -0.2) is 75.1 Å². The second-order valence-electron chi connectivity index (χ2n) is 4.74. The van der Waals surface area contributed by atoms with E-state index in [-0.39, 0.29) is 19.1 Å². The highest BCUT2D eigenvalue weighted by Gasteiger charge is 2.41. The molecule has 1 fully saturated rings. The first-order valence-electron chi connectivity index (χ1n) is 6.24. The predicted octanol–water partition coefficient (Wildman–Crippen LogP) is -0.779. The van der Waals surface area contributed by atoms with E-state index in [1.54, 1.807) is 14.2 Å². The zero-order chi connectivity index (χ0) is 13.6. The highest BCUT2D eigenvalue weighted by Crippen LogP contribution is 2.24. The molecule has 2 N–H and O–H groups in total. The molecule has 106 valence electrons. The molecule has 6 heteroatoms. The molecule has 0 aromatic rings. The van der Waals surface area contributed by atoms with Crippen LogP contribution in [0.15, 0.2) is 0 Å². The molecular weight excluding hydrogens is 236 g/mol. The van der Waals surface area contributed by atoms with Crippen LogP contribution in [0.25, 0.3) is 0 Å². The van der Waals surface area contributed by atoms with Gasteiger partial charge in [-0.15, -0.1) is 0 Å². The molecule has 1 heterocycles. The van der Waals surface area contributed by atoms with E-state index in [2.05, 4.69) is 5.32 Å². The van der Waals surface area contributed by atoms with Crippen LogP contribution >= 0.6 is 0 Å². The number of methoxy groups -OCH3 is 2. The summed E-state index contributed by atoms with van der Waals surface area (Å²) < 4.78 is 10.3. The summed E-state index contributed by atoms with van der Waals surface area (Å²) in [6.45, 7) is 2.02. The average Bonchev–Trinajstić information content (AvgIpc) is 2.38. The maximum atomic E-state index is 12.4. The van der Waals surface area contributed by atoms with E-state index in [1.165, 1.54) is 12.0 Å². The molecule has 0 aromatic heterocycles. The number of rotatable bonds is 6. The molecule has 1 atom stereocenters. The van der Waals surface area contributed by atoms with Gasteiger partial charge in [-0.05, 0) is 25.9 Å². The van der Waals surface area contributed by atoms with Crippen molar-refractivity contribution >= 4 is 5.91 Å². The van der Waals surface area contributed by atoms with Crippen LogP contribution in [0.1, 0.15) is 12.8 Å². The Bertz CT molecular complexity index is 267. The molecular formula is C12H24N2O4. The fourth-order valence-electron chi connectivity index (χ4n) is 2.33. The van der Waals surface area contributed by atoms with Gasteiger partial charge in [0.05, 0.1) is 12.7 Å². The van der Waals surface area contributed by atoms with Crippen LogP contribution in [0.4, 0.5) is 0 Å². The molecule has 0 spiro atoms. The SMILES string of the molecule is COCC(O)CN(C)C(=O)C1(OC)CCNCC1. The van der Waals surface area contributed by atoms with Gasteiger partial charge in [0.2, 0.25) is 0 Å². The lowest BCUT2D eigenvalue weighted by atomic mass is 9.90. The maximum absolute atomic E-state index is 12.4. The molecule has 0 aromatic carbocycles. The van der Waals surface area contributed by atoms with E-state index < -0.39 is 11.7 Å². The lowest BCUT2D eigenvalue weighted by molar-refractivity contribution is -0.158. The van der Waals surface area contributed by atoms with Gasteiger partial charge < -0.3 is 24.8 Å². The molecule has 0 bridgehead atoms. The summed E-state index contributed by atoms with van der Waals surface area (Å²) in [6.07, 6.45) is 0.652. The van der Waals surface area contributed by atoms with Crippen LogP contribution in [0, 0.1) is 0 Å². The second-order valence-corrected chi connectivity index (χ2v) is 4.74. The summed E-state index contributed by atoms with van der Waals surface area (Å²) in [4.78, 5) is 13.9. The van der Waals surface area contributed by atoms with Crippen LogP contribution in [0.2, 0.25) is 0 Å². The monoisotopic (exact) mass is 260 g/mol. The standard InChI is InChI=1S/C12H24N2O4/c1-14(8-10(15)9-17-2)11(16)12(18-3)4-6-13-7-5-12/h10,13,15H,4-9H2,1-3H3. The number of nitrogens with zero attached hydrogens (tertiary/aromatic N) is 1. The molecule has 18 heavy (non-hydrogen) atoms. The van der Waals surface area contributed by atoms with Crippen molar-refractivity contribution in [1.29, 1.82) is 0 Å². The quantitative estimate of drug-likeness (QED) is 0.655. The summed E-state index contributed by atoms with van der Waals surface area (Å²) in [6, 6.07) is 0. The van der Waals surface area contributed by atoms with Gasteiger partial charge in [-0.2, -0.15) is 0 Å². The average molecular weight is 260 g/mol. The van der Waals surface area contributed by atoms with E-state index >= 15 is 0 Å². The minimum absolute atomic E-state index is 0.0679. The van der Waals surface area contributed by atoms with Crippen LogP contribution in [-0.2, 0) is 14.3 Å². The molecule has 0 radical (unpaired) electrons. The molecule has 1 rings (SSSR count). The number of nitrogens with one attached hydrogen (secondary N) is 1. The van der Waals surface area contributed by atoms with Gasteiger partial charge in [0, 0.05) is 27.8 Å². The first-order valence-corrected chi connectivity index (χ1v) is 6.24. The fourth-order valence-corrected chi connectivity index (χ4v) is 2.33. The molecule has 1 aliphatic rings. The zero-order valence-electron chi connectivity index (χ0n) is 11.4. The van der Waals surface area contributed by atoms with Gasteiger partial charge in [0.15, 0.2) is 0 Å². The number of hydrogen-bond acceptors (Lipinski definition) is 5. The normalized spacial score (nSPS) is 20.4. The van der Waals surface area contributed by atoms with E-state index in [0.717, 1.165) is 13.1 Å². The summed E-state index contributed by atoms with van der Waals surface area (Å²) in [5.74, 6) is -0.0679. The van der Waals surface area contributed by atoms with Crippen molar-refractivity contribution in [1.82, 2.24) is 10.2 Å². The fraction of sp³-hybridized carbons (Fsp3) is 0.917. The Morgan fingerprint density at radius 3 is 2.56 bits per heavy atom. The number of amides is 1. The van der Waals surface area contributed by atoms with E-state index in [9.17, 15) is 9.90 Å². The van der Waals surface area contributed by atoms with Gasteiger partial charge in [-0.1, -0.05) is 0 Å². The third-order valence-electron chi connectivity index (χ3n) is 3.38. The van der Waals surface area contributed by atoms with E-state index in [4.69, 9.17) is 9.47 Å². The lowest BCUT2D eigenvalue weighted by Gasteiger charge is -2.38. The van der Waals surface area contributed by atoms with Gasteiger partial charge in [0.1, 0.15) is 5.60 Å². The number of likely N-dealkylation sites (N-methyl/N-ethyl adjacent to an activating group) is 1. The molecule has 1 saturated heterocycles. The molecule has 1 amide bonds. The summed E-state index contributed by atoms with van der Waals surface area (Å²) in [7, 11) is 4.78. The van der Waals surface area contributed by atoms with Gasteiger partial charge in [0.25, 0.3) is 5.91 Å². The highest BCUT2D eigenvalue weighted by atomic mass is 16.5. The molecule has 0 saturated carbocycles. The Morgan fingerprint density at radius 2 is 2.06 bits per heavy atom. The number of hydrogen-bond donors (Lipinski definition) is 2. The zero-order valence-corrected chi connectivity index (χ0v) is 11.4. The third kappa shape index (κ3) is 3.65. The number of ether oxygens (including phenoxy) is 2. The third-order valence-corrected chi connectivity index (χ3v) is 3.38. The van der Waals surface area contributed by atoms with Crippen molar-refractivity contribution in [2.75, 3.05) is 47.5 Å². The summed E-state index contributed by atoms with van der Waals surface area (Å²) in [5.41, 5.74) is -0.743. The Balaban J connectivity index is 2.59. The topological polar surface area (TPSA) is 71.0 Å². The summed E-state index contributed by atoms with van der Waals surface area (Å²) >= 11 is 0. The molecule has 1 aliphatic heterocycles. The van der Waals surface area contributed by atoms with Crippen LogP contribution in [0.5, 0.6) is 0 Å². The second kappa shape index (κ2) is 7.04. The Hall–Kier alpha value is -0.690. The summed E-state index contributed by atoms with van der Waals surface area (Å²) in [5, 5.41) is 12.9. The van der Waals surface area contributed by atoms with E-state index in [1.807, 2.05) is 0 Å². The van der Waals surface area contributed by atoms with E-state index in [0.29, 0.717) is 12.8 Å². The van der Waals surface area contributed by atoms with Crippen molar-refractivity contribution in [3.63, 3.8) is 0 Å². The Morgan fingerprint density at radius 1 is 1.44 bits per heavy atom. The maximum Gasteiger partial charge on any atom is 0.254 e. The van der Waals surface area contributed by atoms with Gasteiger partial charge in [-0.25, -0.2) is 0 Å². The van der Waals surface area contributed by atoms with Crippen LogP contribution in [0.3, 0.4) is 0 Å². The first-order chi connectivity index (χ1) is 8.55. The number of piperidine rings is 1. The van der Waals surface area contributed by atoms with Crippen molar-refractivity contribution in [2.45, 2.75) is 24.5 Å². The highest BCUT2D eigenvalue weighted by molar-refractivity contribution is 5.85. The molecule has 0 aliphatic carbocycles. The number of carbonyl (C=O) groups excluding carboxylic acids is 1. The minimum Gasteiger partial charge on any atom is -0.389 e. The lowest BCUT2D eigenvalue weighted by Crippen LogP contribution is -2.55. The first kappa shape index (κ1) is 15.4. The Labute approximate surface area is 108 Å². The Kier molecular flexibility index (Phi) is 6.01. The van der Waals surface area contributed by atoms with Gasteiger partial charge >= 0.3 is 0 Å². The number of aliphatic hydroxyl groups is 1. The largest absolute Gasteiger partial charge is 0.389 e. The van der Waals surface area contributed by atoms with Crippen molar-refractivity contribution < 1.29 is 19.4 Å².